The van der Waals surface area contributed by atoms with Crippen molar-refractivity contribution in [2.75, 3.05) is 31.7 Å². The Morgan fingerprint density at radius 1 is 1.10 bits per heavy atom. The minimum atomic E-state index is -4.06. The minimum Gasteiger partial charge on any atom is -0.495 e. The second kappa shape index (κ2) is 9.76. The second-order valence-corrected chi connectivity index (χ2v) is 8.76. The van der Waals surface area contributed by atoms with E-state index in [4.69, 9.17) is 9.47 Å². The molecule has 0 saturated heterocycles. The lowest BCUT2D eigenvalue weighted by atomic mass is 10.2. The molecule has 1 amide bonds. The maximum atomic E-state index is 13.6. The molecule has 1 N–H and O–H groups in total. The molecule has 0 unspecified atom stereocenters. The van der Waals surface area contributed by atoms with Crippen LogP contribution in [0.4, 0.5) is 5.69 Å². The largest absolute Gasteiger partial charge is 0.495 e. The summed E-state index contributed by atoms with van der Waals surface area (Å²) in [5, 5.41) is 2.76. The first-order chi connectivity index (χ1) is 13.7. The summed E-state index contributed by atoms with van der Waals surface area (Å²) in [6.07, 6.45) is 0. The molecule has 158 valence electrons. The van der Waals surface area contributed by atoms with Gasteiger partial charge in [-0.05, 0) is 56.2 Å². The van der Waals surface area contributed by atoms with E-state index in [1.807, 2.05) is 13.0 Å². The Morgan fingerprint density at radius 2 is 1.79 bits per heavy atom. The first kappa shape index (κ1) is 22.7. The van der Waals surface area contributed by atoms with Crippen LogP contribution >= 0.6 is 0 Å². The van der Waals surface area contributed by atoms with Crippen molar-refractivity contribution in [3.05, 3.63) is 53.6 Å². The number of hydrogen-bond donors (Lipinski definition) is 1. The first-order valence-corrected chi connectivity index (χ1v) is 10.7. The van der Waals surface area contributed by atoms with Crippen LogP contribution in [0.1, 0.15) is 18.1 Å². The summed E-state index contributed by atoms with van der Waals surface area (Å²) in [6.45, 7) is 5.42. The SMILES string of the molecule is COC[C@@H](C)NC(=O)CN(c1cccc(C)c1)S(=O)(=O)c1cc(C)ccc1OC. The van der Waals surface area contributed by atoms with Crippen LogP contribution in [0.3, 0.4) is 0 Å². The Balaban J connectivity index is 2.50. The van der Waals surface area contributed by atoms with Crippen molar-refractivity contribution in [1.82, 2.24) is 5.32 Å². The van der Waals surface area contributed by atoms with Crippen LogP contribution in [0.25, 0.3) is 0 Å². The molecule has 0 aliphatic rings. The number of carbonyl (C=O) groups is 1. The van der Waals surface area contributed by atoms with Gasteiger partial charge in [-0.1, -0.05) is 18.2 Å². The number of benzene rings is 2. The van der Waals surface area contributed by atoms with Crippen molar-refractivity contribution in [3.8, 4) is 5.75 Å². The maximum absolute atomic E-state index is 13.6. The smallest absolute Gasteiger partial charge is 0.268 e. The molecule has 0 bridgehead atoms. The zero-order valence-electron chi connectivity index (χ0n) is 17.4. The van der Waals surface area contributed by atoms with E-state index >= 15 is 0 Å². The Kier molecular flexibility index (Phi) is 7.64. The monoisotopic (exact) mass is 420 g/mol. The summed E-state index contributed by atoms with van der Waals surface area (Å²) >= 11 is 0. The Morgan fingerprint density at radius 3 is 2.41 bits per heavy atom. The zero-order valence-corrected chi connectivity index (χ0v) is 18.2. The zero-order chi connectivity index (χ0) is 21.6. The molecule has 1 atom stereocenters. The Hall–Kier alpha value is -2.58. The molecular weight excluding hydrogens is 392 g/mol. The van der Waals surface area contributed by atoms with Crippen molar-refractivity contribution < 1.29 is 22.7 Å². The topological polar surface area (TPSA) is 84.9 Å². The van der Waals surface area contributed by atoms with Gasteiger partial charge in [0.25, 0.3) is 10.0 Å². The van der Waals surface area contributed by atoms with Crippen molar-refractivity contribution in [2.24, 2.45) is 0 Å². The molecule has 2 aromatic rings. The molecule has 0 spiro atoms. The number of sulfonamides is 1. The van der Waals surface area contributed by atoms with E-state index in [0.29, 0.717) is 12.3 Å². The fourth-order valence-electron chi connectivity index (χ4n) is 2.94. The molecule has 0 aromatic heterocycles. The van der Waals surface area contributed by atoms with E-state index in [0.717, 1.165) is 15.4 Å². The quantitative estimate of drug-likeness (QED) is 0.674. The highest BCUT2D eigenvalue weighted by Gasteiger charge is 2.30. The van der Waals surface area contributed by atoms with E-state index in [1.165, 1.54) is 14.2 Å². The molecule has 0 aliphatic carbocycles. The van der Waals surface area contributed by atoms with E-state index in [9.17, 15) is 13.2 Å². The third kappa shape index (κ3) is 5.71. The highest BCUT2D eigenvalue weighted by molar-refractivity contribution is 7.93. The van der Waals surface area contributed by atoms with Crippen molar-refractivity contribution in [3.63, 3.8) is 0 Å². The summed E-state index contributed by atoms with van der Waals surface area (Å²) in [4.78, 5) is 12.6. The van der Waals surface area contributed by atoms with Gasteiger partial charge in [0.1, 0.15) is 17.2 Å². The number of carbonyl (C=O) groups excluding carboxylic acids is 1. The molecule has 29 heavy (non-hydrogen) atoms. The number of amides is 1. The lowest BCUT2D eigenvalue weighted by Crippen LogP contribution is -2.44. The average molecular weight is 421 g/mol. The summed E-state index contributed by atoms with van der Waals surface area (Å²) in [7, 11) is -1.11. The summed E-state index contributed by atoms with van der Waals surface area (Å²) < 4.78 is 38.5. The lowest BCUT2D eigenvalue weighted by molar-refractivity contribution is -0.120. The van der Waals surface area contributed by atoms with Crippen LogP contribution in [-0.4, -0.2) is 47.7 Å². The van der Waals surface area contributed by atoms with Gasteiger partial charge in [0.05, 0.1) is 19.4 Å². The van der Waals surface area contributed by atoms with Crippen molar-refractivity contribution in [1.29, 1.82) is 0 Å². The second-order valence-electron chi connectivity index (χ2n) is 6.93. The summed E-state index contributed by atoms with van der Waals surface area (Å²) in [5.41, 5.74) is 2.06. The number of ether oxygens (including phenoxy) is 2. The van der Waals surface area contributed by atoms with E-state index in [1.54, 1.807) is 50.2 Å². The molecule has 7 nitrogen and oxygen atoms in total. The predicted octanol–water partition coefficient (Wildman–Crippen LogP) is 2.66. The number of hydrogen-bond acceptors (Lipinski definition) is 5. The van der Waals surface area contributed by atoms with Crippen molar-refractivity contribution in [2.45, 2.75) is 31.7 Å². The van der Waals surface area contributed by atoms with E-state index < -0.39 is 15.9 Å². The molecule has 0 saturated carbocycles. The molecular formula is C21H28N2O5S. The number of aryl methyl sites for hydroxylation is 2. The molecule has 0 radical (unpaired) electrons. The van der Waals surface area contributed by atoms with Gasteiger partial charge < -0.3 is 14.8 Å². The Bertz CT molecular complexity index is 959. The number of nitrogens with zero attached hydrogens (tertiary/aromatic N) is 1. The number of rotatable bonds is 9. The molecule has 0 aliphatic heterocycles. The van der Waals surface area contributed by atoms with Gasteiger partial charge in [0, 0.05) is 13.2 Å². The van der Waals surface area contributed by atoms with Gasteiger partial charge in [-0.2, -0.15) is 0 Å². The molecule has 2 rings (SSSR count). The van der Waals surface area contributed by atoms with E-state index in [-0.39, 0.29) is 23.2 Å². The Labute approximate surface area is 172 Å². The number of anilines is 1. The van der Waals surface area contributed by atoms with Crippen molar-refractivity contribution >= 4 is 21.6 Å². The van der Waals surface area contributed by atoms with Crippen LogP contribution in [-0.2, 0) is 19.6 Å². The van der Waals surface area contributed by atoms with Crippen LogP contribution in [0.5, 0.6) is 5.75 Å². The van der Waals surface area contributed by atoms with Crippen LogP contribution in [0.2, 0.25) is 0 Å². The summed E-state index contributed by atoms with van der Waals surface area (Å²) in [5.74, 6) is -0.201. The first-order valence-electron chi connectivity index (χ1n) is 9.21. The van der Waals surface area contributed by atoms with Crippen LogP contribution < -0.4 is 14.4 Å². The highest BCUT2D eigenvalue weighted by Crippen LogP contribution is 2.31. The summed E-state index contributed by atoms with van der Waals surface area (Å²) in [6, 6.07) is 11.7. The van der Waals surface area contributed by atoms with Gasteiger partial charge >= 0.3 is 0 Å². The van der Waals surface area contributed by atoms with Gasteiger partial charge in [-0.25, -0.2) is 8.42 Å². The molecule has 0 fully saturated rings. The minimum absolute atomic E-state index is 0.0132. The fourth-order valence-corrected chi connectivity index (χ4v) is 4.60. The maximum Gasteiger partial charge on any atom is 0.268 e. The average Bonchev–Trinajstić information content (AvgIpc) is 2.66. The third-order valence-corrected chi connectivity index (χ3v) is 6.08. The standard InChI is InChI=1S/C21H28N2O5S/c1-15-7-6-8-18(11-15)23(13-21(24)22-17(3)14-27-4)29(25,26)20-12-16(2)9-10-19(20)28-5/h6-12,17H,13-14H2,1-5H3,(H,22,24)/t17-/m1/s1. The predicted molar refractivity (Wildman–Crippen MR) is 113 cm³/mol. The molecule has 8 heteroatoms. The lowest BCUT2D eigenvalue weighted by Gasteiger charge is -2.26. The molecule has 0 heterocycles. The van der Waals surface area contributed by atoms with E-state index in [2.05, 4.69) is 5.32 Å². The normalized spacial score (nSPS) is 12.3. The highest BCUT2D eigenvalue weighted by atomic mass is 32.2. The number of methoxy groups -OCH3 is 2. The van der Waals surface area contributed by atoms with Gasteiger partial charge in [-0.15, -0.1) is 0 Å². The molecule has 2 aromatic carbocycles. The van der Waals surface area contributed by atoms with Gasteiger partial charge in [0.2, 0.25) is 5.91 Å². The third-order valence-electron chi connectivity index (χ3n) is 4.29. The van der Waals surface area contributed by atoms with Gasteiger partial charge in [0.15, 0.2) is 0 Å². The number of nitrogens with one attached hydrogen (secondary N) is 1. The van der Waals surface area contributed by atoms with Crippen LogP contribution in [0, 0.1) is 13.8 Å². The van der Waals surface area contributed by atoms with Crippen LogP contribution in [0.15, 0.2) is 47.4 Å². The fraction of sp³-hybridized carbons (Fsp3) is 0.381. The van der Waals surface area contributed by atoms with Gasteiger partial charge in [-0.3, -0.25) is 9.10 Å².